The molecule has 1 aliphatic rings. The summed E-state index contributed by atoms with van der Waals surface area (Å²) in [6, 6.07) is 4.10. The van der Waals surface area contributed by atoms with E-state index in [1.54, 1.807) is 17.9 Å². The molecular weight excluding hydrogens is 314 g/mol. The minimum Gasteiger partial charge on any atom is -0.393 e. The molecular formula is C20H29N3O2. The zero-order chi connectivity index (χ0) is 18.7. The highest BCUT2D eigenvalue weighted by molar-refractivity contribution is 6.02. The molecule has 2 unspecified atom stereocenters. The van der Waals surface area contributed by atoms with Gasteiger partial charge in [-0.05, 0) is 50.8 Å². The number of aliphatic hydroxyl groups excluding tert-OH is 1. The summed E-state index contributed by atoms with van der Waals surface area (Å²) in [7, 11) is 0. The number of likely N-dealkylation sites (tertiary alicyclic amines) is 1. The molecule has 1 saturated heterocycles. The first kappa shape index (κ1) is 19.3. The summed E-state index contributed by atoms with van der Waals surface area (Å²) < 4.78 is 2.23. The van der Waals surface area contributed by atoms with Crippen LogP contribution in [0, 0.1) is 37.0 Å². The van der Waals surface area contributed by atoms with Crippen molar-refractivity contribution in [2.45, 2.75) is 53.7 Å². The van der Waals surface area contributed by atoms with E-state index in [4.69, 9.17) is 0 Å². The van der Waals surface area contributed by atoms with E-state index in [1.165, 1.54) is 0 Å². The lowest BCUT2D eigenvalue weighted by molar-refractivity contribution is -0.125. The van der Waals surface area contributed by atoms with Gasteiger partial charge in [0.1, 0.15) is 11.6 Å². The maximum atomic E-state index is 12.7. The monoisotopic (exact) mass is 343 g/mol. The number of rotatable bonds is 5. The van der Waals surface area contributed by atoms with Crippen molar-refractivity contribution in [2.75, 3.05) is 13.1 Å². The molecule has 1 amide bonds. The van der Waals surface area contributed by atoms with Gasteiger partial charge in [-0.3, -0.25) is 4.79 Å². The number of aryl methyl sites for hydroxylation is 1. The Balaban J connectivity index is 2.24. The van der Waals surface area contributed by atoms with Crippen LogP contribution in [0.1, 0.15) is 44.1 Å². The molecule has 25 heavy (non-hydrogen) atoms. The summed E-state index contributed by atoms with van der Waals surface area (Å²) in [6.45, 7) is 12.2. The Morgan fingerprint density at radius 1 is 1.44 bits per heavy atom. The van der Waals surface area contributed by atoms with Crippen molar-refractivity contribution in [1.29, 1.82) is 5.26 Å². The van der Waals surface area contributed by atoms with Gasteiger partial charge in [-0.25, -0.2) is 0 Å². The lowest BCUT2D eigenvalue weighted by Crippen LogP contribution is -2.31. The van der Waals surface area contributed by atoms with Gasteiger partial charge in [0, 0.05) is 36.9 Å². The zero-order valence-electron chi connectivity index (χ0n) is 15.9. The molecule has 0 radical (unpaired) electrons. The van der Waals surface area contributed by atoms with E-state index in [-0.39, 0.29) is 17.4 Å². The Morgan fingerprint density at radius 2 is 2.12 bits per heavy atom. The highest BCUT2D eigenvalue weighted by Crippen LogP contribution is 2.23. The number of amides is 1. The minimum absolute atomic E-state index is 0.0972. The maximum Gasteiger partial charge on any atom is 0.264 e. The molecule has 0 aliphatic carbocycles. The second-order valence-electron chi connectivity index (χ2n) is 7.54. The topological polar surface area (TPSA) is 69.3 Å². The van der Waals surface area contributed by atoms with Crippen molar-refractivity contribution in [3.8, 4) is 6.07 Å². The summed E-state index contributed by atoms with van der Waals surface area (Å²) in [5, 5.41) is 19.2. The minimum atomic E-state index is -0.428. The molecule has 1 aliphatic heterocycles. The van der Waals surface area contributed by atoms with E-state index in [0.29, 0.717) is 19.0 Å². The fourth-order valence-corrected chi connectivity index (χ4v) is 3.45. The van der Waals surface area contributed by atoms with Crippen LogP contribution < -0.4 is 0 Å². The zero-order valence-corrected chi connectivity index (χ0v) is 15.9. The molecule has 136 valence electrons. The van der Waals surface area contributed by atoms with Crippen molar-refractivity contribution in [3.63, 3.8) is 0 Å². The molecule has 1 aromatic rings. The van der Waals surface area contributed by atoms with E-state index >= 15 is 0 Å². The number of aliphatic hydroxyl groups is 1. The van der Waals surface area contributed by atoms with Crippen molar-refractivity contribution in [1.82, 2.24) is 9.47 Å². The van der Waals surface area contributed by atoms with Crippen LogP contribution in [0.3, 0.4) is 0 Å². The number of aromatic nitrogens is 1. The number of nitrogens with zero attached hydrogens (tertiary/aromatic N) is 3. The molecule has 1 aromatic heterocycles. The SMILES string of the molecule is Cc1cc(/C=C(/C#N)C(=O)N2CCC(C(C)O)C2)c(C)n1CC(C)C. The van der Waals surface area contributed by atoms with Crippen LogP contribution in [0.15, 0.2) is 11.6 Å². The summed E-state index contributed by atoms with van der Waals surface area (Å²) in [5.74, 6) is 0.389. The largest absolute Gasteiger partial charge is 0.393 e. The van der Waals surface area contributed by atoms with Crippen molar-refractivity contribution in [3.05, 3.63) is 28.6 Å². The van der Waals surface area contributed by atoms with E-state index in [9.17, 15) is 15.2 Å². The molecule has 2 rings (SSSR count). The van der Waals surface area contributed by atoms with Crippen molar-refractivity contribution < 1.29 is 9.90 Å². The second-order valence-corrected chi connectivity index (χ2v) is 7.54. The highest BCUT2D eigenvalue weighted by atomic mass is 16.3. The first-order valence-electron chi connectivity index (χ1n) is 9.00. The number of carbonyl (C=O) groups excluding carboxylic acids is 1. The van der Waals surface area contributed by atoms with Crippen LogP contribution in [0.4, 0.5) is 0 Å². The number of hydrogen-bond donors (Lipinski definition) is 1. The molecule has 1 N–H and O–H groups in total. The standard InChI is InChI=1S/C20H29N3O2/c1-13(2)11-23-14(3)8-18(15(23)4)9-19(10-21)20(25)22-7-6-17(12-22)16(5)24/h8-9,13,16-17,24H,6-7,11-12H2,1-5H3/b19-9-. The molecule has 2 atom stereocenters. The Bertz CT molecular complexity index is 707. The number of nitriles is 1. The first-order chi connectivity index (χ1) is 11.7. The summed E-state index contributed by atoms with van der Waals surface area (Å²) in [4.78, 5) is 14.4. The van der Waals surface area contributed by atoms with Gasteiger partial charge < -0.3 is 14.6 Å². The molecule has 1 fully saturated rings. The van der Waals surface area contributed by atoms with Crippen LogP contribution in [-0.2, 0) is 11.3 Å². The quantitative estimate of drug-likeness (QED) is 0.660. The highest BCUT2D eigenvalue weighted by Gasteiger charge is 2.30. The molecule has 2 heterocycles. The van der Waals surface area contributed by atoms with E-state index in [0.717, 1.165) is 29.9 Å². The normalized spacial score (nSPS) is 19.4. The summed E-state index contributed by atoms with van der Waals surface area (Å²) in [5.41, 5.74) is 3.30. The fourth-order valence-electron chi connectivity index (χ4n) is 3.45. The maximum absolute atomic E-state index is 12.7. The smallest absolute Gasteiger partial charge is 0.264 e. The predicted octanol–water partition coefficient (Wildman–Crippen LogP) is 2.90. The first-order valence-corrected chi connectivity index (χ1v) is 9.00. The summed E-state index contributed by atoms with van der Waals surface area (Å²) >= 11 is 0. The fraction of sp³-hybridized carbons (Fsp3) is 0.600. The van der Waals surface area contributed by atoms with Gasteiger partial charge in [-0.15, -0.1) is 0 Å². The third-order valence-electron chi connectivity index (χ3n) is 5.01. The lowest BCUT2D eigenvalue weighted by atomic mass is 10.0. The third kappa shape index (κ3) is 4.32. The van der Waals surface area contributed by atoms with Gasteiger partial charge in [0.05, 0.1) is 6.10 Å². The van der Waals surface area contributed by atoms with Crippen molar-refractivity contribution in [2.24, 2.45) is 11.8 Å². The molecule has 0 spiro atoms. The molecule has 0 aromatic carbocycles. The Labute approximate surface area is 150 Å². The van der Waals surface area contributed by atoms with Gasteiger partial charge >= 0.3 is 0 Å². The van der Waals surface area contributed by atoms with Gasteiger partial charge in [0.15, 0.2) is 0 Å². The average molecular weight is 343 g/mol. The average Bonchev–Trinajstić information content (AvgIpc) is 3.13. The van der Waals surface area contributed by atoms with E-state index in [1.807, 2.05) is 19.9 Å². The lowest BCUT2D eigenvalue weighted by Gasteiger charge is -2.17. The van der Waals surface area contributed by atoms with Gasteiger partial charge in [-0.2, -0.15) is 5.26 Å². The molecule has 5 nitrogen and oxygen atoms in total. The predicted molar refractivity (Wildman–Crippen MR) is 98.7 cm³/mol. The third-order valence-corrected chi connectivity index (χ3v) is 5.01. The van der Waals surface area contributed by atoms with Gasteiger partial charge in [-0.1, -0.05) is 13.8 Å². The van der Waals surface area contributed by atoms with Crippen LogP contribution >= 0.6 is 0 Å². The Kier molecular flexibility index (Phi) is 6.07. The summed E-state index contributed by atoms with van der Waals surface area (Å²) in [6.07, 6.45) is 2.06. The van der Waals surface area contributed by atoms with Gasteiger partial charge in [0.25, 0.3) is 5.91 Å². The van der Waals surface area contributed by atoms with Crippen LogP contribution in [0.25, 0.3) is 6.08 Å². The molecule has 5 heteroatoms. The Morgan fingerprint density at radius 3 is 2.64 bits per heavy atom. The molecule has 0 bridgehead atoms. The Hall–Kier alpha value is -2.06. The van der Waals surface area contributed by atoms with E-state index < -0.39 is 6.10 Å². The second kappa shape index (κ2) is 7.88. The molecule has 0 saturated carbocycles. The number of hydrogen-bond acceptors (Lipinski definition) is 3. The van der Waals surface area contributed by atoms with Crippen molar-refractivity contribution >= 4 is 12.0 Å². The van der Waals surface area contributed by atoms with Crippen LogP contribution in [-0.4, -0.2) is 39.7 Å². The van der Waals surface area contributed by atoms with Crippen LogP contribution in [0.2, 0.25) is 0 Å². The van der Waals surface area contributed by atoms with Gasteiger partial charge in [0.2, 0.25) is 0 Å². The number of carbonyl (C=O) groups is 1. The van der Waals surface area contributed by atoms with Crippen LogP contribution in [0.5, 0.6) is 0 Å². The van der Waals surface area contributed by atoms with E-state index in [2.05, 4.69) is 24.5 Å².